The molecule has 1 amide bonds. The van der Waals surface area contributed by atoms with Crippen LogP contribution in [0.5, 0.6) is 11.5 Å². The Bertz CT molecular complexity index is 798. The summed E-state index contributed by atoms with van der Waals surface area (Å²) in [6.45, 7) is 0.498. The Balaban J connectivity index is 1.90. The van der Waals surface area contributed by atoms with Crippen molar-refractivity contribution in [2.75, 3.05) is 18.7 Å². The first-order valence-electron chi connectivity index (χ1n) is 6.89. The van der Waals surface area contributed by atoms with E-state index in [1.54, 1.807) is 0 Å². The van der Waals surface area contributed by atoms with Gasteiger partial charge in [0, 0.05) is 12.6 Å². The average Bonchev–Trinajstić information content (AvgIpc) is 3.00. The van der Waals surface area contributed by atoms with Gasteiger partial charge >= 0.3 is 0 Å². The molecule has 2 aromatic rings. The van der Waals surface area contributed by atoms with E-state index in [1.165, 1.54) is 6.20 Å². The summed E-state index contributed by atoms with van der Waals surface area (Å²) < 4.78 is 10.6. The highest BCUT2D eigenvalue weighted by Crippen LogP contribution is 2.33. The molecule has 3 rings (SSSR count). The van der Waals surface area contributed by atoms with Crippen molar-refractivity contribution >= 4 is 11.9 Å². The monoisotopic (exact) mass is 310 g/mol. The molecule has 7 nitrogen and oxygen atoms in total. The molecule has 0 atom stereocenters. The highest BCUT2D eigenvalue weighted by atomic mass is 16.7. The normalized spacial score (nSPS) is 11.8. The highest BCUT2D eigenvalue weighted by Gasteiger charge is 2.16. The van der Waals surface area contributed by atoms with Crippen LogP contribution in [0.4, 0.5) is 5.95 Å². The molecule has 1 aliphatic rings. The molecule has 0 saturated heterocycles. The van der Waals surface area contributed by atoms with Crippen molar-refractivity contribution in [3.63, 3.8) is 0 Å². The smallest absolute Gasteiger partial charge is 0.252 e. The lowest BCUT2D eigenvalue weighted by molar-refractivity contribution is 0.0998. The molecule has 0 spiro atoms. The third kappa shape index (κ3) is 3.16. The zero-order chi connectivity index (χ0) is 16.2. The average molecular weight is 310 g/mol. The van der Waals surface area contributed by atoms with Crippen molar-refractivity contribution in [3.8, 4) is 23.8 Å². The maximum atomic E-state index is 11.6. The van der Waals surface area contributed by atoms with E-state index in [-0.39, 0.29) is 12.4 Å². The molecule has 1 aromatic carbocycles. The lowest BCUT2D eigenvalue weighted by atomic mass is 10.1. The van der Waals surface area contributed by atoms with Gasteiger partial charge in [-0.1, -0.05) is 12.0 Å². The van der Waals surface area contributed by atoms with Gasteiger partial charge in [-0.05, 0) is 17.7 Å². The molecule has 0 bridgehead atoms. The number of nitrogens with two attached hydrogens (primary N) is 1. The lowest BCUT2D eigenvalue weighted by Gasteiger charge is -2.09. The Morgan fingerprint density at radius 3 is 3.00 bits per heavy atom. The molecule has 0 unspecified atom stereocenters. The van der Waals surface area contributed by atoms with Crippen LogP contribution in [0.2, 0.25) is 0 Å². The second kappa shape index (κ2) is 6.23. The van der Waals surface area contributed by atoms with E-state index in [2.05, 4.69) is 21.2 Å². The van der Waals surface area contributed by atoms with Crippen LogP contribution in [-0.4, -0.2) is 29.2 Å². The van der Waals surface area contributed by atoms with Gasteiger partial charge in [0.25, 0.3) is 5.91 Å². The predicted molar refractivity (Wildman–Crippen MR) is 83.2 cm³/mol. The van der Waals surface area contributed by atoms with E-state index in [9.17, 15) is 4.79 Å². The molecule has 0 aliphatic carbocycles. The summed E-state index contributed by atoms with van der Waals surface area (Å²) in [5.74, 6) is 3.58. The number of nitrogens with zero attached hydrogens (tertiary/aromatic N) is 2. The molecule has 3 N–H and O–H groups in total. The minimum absolute atomic E-state index is 0.207. The molecule has 23 heavy (non-hydrogen) atoms. The van der Waals surface area contributed by atoms with E-state index >= 15 is 0 Å². The Labute approximate surface area is 132 Å². The maximum Gasteiger partial charge on any atom is 0.252 e. The molecule has 0 fully saturated rings. The summed E-state index contributed by atoms with van der Waals surface area (Å²) in [7, 11) is 0. The van der Waals surface area contributed by atoms with Crippen LogP contribution in [0, 0.1) is 12.3 Å². The Kier molecular flexibility index (Phi) is 3.97. The molecule has 0 saturated carbocycles. The summed E-state index contributed by atoms with van der Waals surface area (Å²) >= 11 is 0. The van der Waals surface area contributed by atoms with Crippen molar-refractivity contribution in [1.82, 2.24) is 9.97 Å². The number of nitrogens with one attached hydrogen (secondary N) is 1. The van der Waals surface area contributed by atoms with E-state index in [4.69, 9.17) is 21.6 Å². The minimum atomic E-state index is -0.579. The molecular weight excluding hydrogens is 296 g/mol. The van der Waals surface area contributed by atoms with Gasteiger partial charge < -0.3 is 20.5 Å². The zero-order valence-corrected chi connectivity index (χ0v) is 12.2. The van der Waals surface area contributed by atoms with Gasteiger partial charge in [-0.15, -0.1) is 6.42 Å². The second-order valence-corrected chi connectivity index (χ2v) is 4.84. The first-order valence-corrected chi connectivity index (χ1v) is 6.89. The fourth-order valence-corrected chi connectivity index (χ4v) is 2.22. The van der Waals surface area contributed by atoms with Crippen molar-refractivity contribution in [2.45, 2.75) is 6.42 Å². The molecule has 116 valence electrons. The SMILES string of the molecule is C#CCNc1ncc(C(N)=O)c(Cc2ccc3c(c2)OCO3)n1. The van der Waals surface area contributed by atoms with Gasteiger partial charge in [-0.2, -0.15) is 0 Å². The van der Waals surface area contributed by atoms with Gasteiger partial charge in [-0.25, -0.2) is 9.97 Å². The number of carbonyl (C=O) groups excluding carboxylic acids is 1. The number of hydrogen-bond acceptors (Lipinski definition) is 6. The predicted octanol–water partition coefficient (Wildman–Crippen LogP) is 0.940. The summed E-state index contributed by atoms with van der Waals surface area (Å²) in [6, 6.07) is 5.55. The van der Waals surface area contributed by atoms with Gasteiger partial charge in [0.15, 0.2) is 11.5 Å². The number of carbonyl (C=O) groups is 1. The van der Waals surface area contributed by atoms with Crippen molar-refractivity contribution in [2.24, 2.45) is 5.73 Å². The molecular formula is C16H14N4O3. The highest BCUT2D eigenvalue weighted by molar-refractivity contribution is 5.93. The lowest BCUT2D eigenvalue weighted by Crippen LogP contribution is -2.17. The molecule has 7 heteroatoms. The van der Waals surface area contributed by atoms with Crippen molar-refractivity contribution in [1.29, 1.82) is 0 Å². The third-order valence-corrected chi connectivity index (χ3v) is 3.29. The Morgan fingerprint density at radius 2 is 2.22 bits per heavy atom. The minimum Gasteiger partial charge on any atom is -0.454 e. The van der Waals surface area contributed by atoms with E-state index in [0.717, 1.165) is 5.56 Å². The second-order valence-electron chi connectivity index (χ2n) is 4.84. The number of rotatable bonds is 5. The summed E-state index contributed by atoms with van der Waals surface area (Å²) in [5.41, 5.74) is 7.10. The topological polar surface area (TPSA) is 99.4 Å². The molecule has 2 heterocycles. The Hall–Kier alpha value is -3.27. The number of aromatic nitrogens is 2. The number of hydrogen-bond donors (Lipinski definition) is 2. The van der Waals surface area contributed by atoms with E-state index < -0.39 is 5.91 Å². The molecule has 1 aromatic heterocycles. The zero-order valence-electron chi connectivity index (χ0n) is 12.2. The van der Waals surface area contributed by atoms with Crippen LogP contribution in [0.15, 0.2) is 24.4 Å². The summed E-state index contributed by atoms with van der Waals surface area (Å²) in [5, 5.41) is 2.87. The van der Waals surface area contributed by atoms with Gasteiger partial charge in [-0.3, -0.25) is 4.79 Å². The van der Waals surface area contributed by atoms with Crippen LogP contribution in [0.1, 0.15) is 21.6 Å². The number of fused-ring (bicyclic) bond motifs is 1. The number of anilines is 1. The first-order chi connectivity index (χ1) is 11.2. The van der Waals surface area contributed by atoms with Crippen LogP contribution in [0.3, 0.4) is 0 Å². The fraction of sp³-hybridized carbons (Fsp3) is 0.188. The first kappa shape index (κ1) is 14.7. The molecule has 0 radical (unpaired) electrons. The molecule has 1 aliphatic heterocycles. The van der Waals surface area contributed by atoms with Crippen molar-refractivity contribution in [3.05, 3.63) is 41.2 Å². The van der Waals surface area contributed by atoms with Gasteiger partial charge in [0.1, 0.15) is 0 Å². The Morgan fingerprint density at radius 1 is 1.39 bits per heavy atom. The quantitative estimate of drug-likeness (QED) is 0.797. The number of benzene rings is 1. The maximum absolute atomic E-state index is 11.6. The van der Waals surface area contributed by atoms with Crippen molar-refractivity contribution < 1.29 is 14.3 Å². The van der Waals surface area contributed by atoms with Crippen LogP contribution < -0.4 is 20.5 Å². The largest absolute Gasteiger partial charge is 0.454 e. The van der Waals surface area contributed by atoms with Crippen LogP contribution >= 0.6 is 0 Å². The van der Waals surface area contributed by atoms with Crippen LogP contribution in [-0.2, 0) is 6.42 Å². The number of ether oxygens (including phenoxy) is 2. The summed E-state index contributed by atoms with van der Waals surface area (Å²) in [6.07, 6.45) is 7.00. The summed E-state index contributed by atoms with van der Waals surface area (Å²) in [4.78, 5) is 19.9. The number of primary amides is 1. The number of amides is 1. The fourth-order valence-electron chi connectivity index (χ4n) is 2.22. The third-order valence-electron chi connectivity index (χ3n) is 3.29. The van der Waals surface area contributed by atoms with Gasteiger partial charge in [0.2, 0.25) is 12.7 Å². The number of terminal acetylenes is 1. The van der Waals surface area contributed by atoms with E-state index in [0.29, 0.717) is 36.1 Å². The van der Waals surface area contributed by atoms with Crippen LogP contribution in [0.25, 0.3) is 0 Å². The van der Waals surface area contributed by atoms with Gasteiger partial charge in [0.05, 0.1) is 17.8 Å². The standard InChI is InChI=1S/C16H14N4O3/c1-2-5-18-16-19-8-11(15(17)21)12(20-16)6-10-3-4-13-14(7-10)23-9-22-13/h1,3-4,7-8H,5-6,9H2,(H2,17,21)(H,18,19,20). The van der Waals surface area contributed by atoms with E-state index in [1.807, 2.05) is 18.2 Å².